The number of carbonyl (C=O) groups is 2. The molecular weight excluding hydrogens is 677 g/mol. The maximum absolute atomic E-state index is 13.3. The summed E-state index contributed by atoms with van der Waals surface area (Å²) >= 11 is 0. The lowest BCUT2D eigenvalue weighted by atomic mass is 10.1. The summed E-state index contributed by atoms with van der Waals surface area (Å²) in [5.74, 6) is -0.297. The van der Waals surface area contributed by atoms with Crippen LogP contribution in [0.4, 0.5) is 33.6 Å². The number of pyridine rings is 1. The van der Waals surface area contributed by atoms with Crippen LogP contribution < -0.4 is 16.0 Å². The van der Waals surface area contributed by atoms with Crippen molar-refractivity contribution in [2.45, 2.75) is 31.3 Å². The molecule has 0 bridgehead atoms. The van der Waals surface area contributed by atoms with E-state index in [2.05, 4.69) is 30.9 Å². The van der Waals surface area contributed by atoms with Crippen molar-refractivity contribution < 1.29 is 27.7 Å². The molecule has 258 valence electrons. The summed E-state index contributed by atoms with van der Waals surface area (Å²) in [7, 11) is -3.90. The molecule has 0 aliphatic heterocycles. The van der Waals surface area contributed by atoms with Gasteiger partial charge < -0.3 is 15.4 Å². The molecule has 0 spiro atoms. The molecule has 6 rings (SSSR count). The molecule has 3 aromatic heterocycles. The van der Waals surface area contributed by atoms with Crippen molar-refractivity contribution in [1.82, 2.24) is 18.9 Å². The number of carbonyl (C=O) groups excluding carboxylic acids is 2. The van der Waals surface area contributed by atoms with Gasteiger partial charge in [-0.05, 0) is 75.4 Å². The van der Waals surface area contributed by atoms with Gasteiger partial charge in [0.1, 0.15) is 11.4 Å². The molecule has 0 unspecified atom stereocenters. The van der Waals surface area contributed by atoms with Crippen molar-refractivity contribution in [3.8, 4) is 11.3 Å². The second kappa shape index (κ2) is 13.7. The van der Waals surface area contributed by atoms with Crippen LogP contribution in [0.5, 0.6) is 0 Å². The molecule has 0 atom stereocenters. The van der Waals surface area contributed by atoms with Gasteiger partial charge in [-0.1, -0.05) is 24.3 Å². The second-order valence-electron chi connectivity index (χ2n) is 12.1. The minimum Gasteiger partial charge on any atom is -0.444 e. The molecule has 3 aromatic carbocycles. The standard InChI is InChI=1S/C35H30N8O7S/c1-35(2,3)50-34(45)41-33-39-29(24-18-23-16-17-42(31(23)36-21-24)51(48,49)28-10-5-4-6-11-28)20-30(40-33)37-25-8-7-9-26(19-25)38-32(44)22-12-14-27(15-13-22)43(46)47/h4-21H,1-3H3,(H,38,44)(H2,37,39,40,41,45). The number of rotatable bonds is 9. The Labute approximate surface area is 291 Å². The summed E-state index contributed by atoms with van der Waals surface area (Å²) in [5, 5.41) is 20.0. The smallest absolute Gasteiger partial charge is 0.414 e. The zero-order chi connectivity index (χ0) is 36.3. The van der Waals surface area contributed by atoms with Gasteiger partial charge in [-0.2, -0.15) is 4.98 Å². The number of non-ortho nitro benzene ring substituents is 1. The van der Waals surface area contributed by atoms with E-state index in [0.717, 1.165) is 3.97 Å². The molecule has 3 N–H and O–H groups in total. The first kappa shape index (κ1) is 34.2. The van der Waals surface area contributed by atoms with Crippen molar-refractivity contribution in [3.63, 3.8) is 0 Å². The molecule has 6 aromatic rings. The van der Waals surface area contributed by atoms with Gasteiger partial charge in [-0.15, -0.1) is 0 Å². The number of nitrogens with zero attached hydrogens (tertiary/aromatic N) is 5. The Balaban J connectivity index is 1.30. The molecule has 0 aliphatic carbocycles. The van der Waals surface area contributed by atoms with Crippen molar-refractivity contribution in [3.05, 3.63) is 125 Å². The van der Waals surface area contributed by atoms with E-state index in [0.29, 0.717) is 28.0 Å². The molecule has 15 nitrogen and oxygen atoms in total. The van der Waals surface area contributed by atoms with E-state index in [1.165, 1.54) is 48.8 Å². The van der Waals surface area contributed by atoms with Gasteiger partial charge in [0.2, 0.25) is 5.95 Å². The zero-order valence-electron chi connectivity index (χ0n) is 27.4. The molecule has 2 amide bonds. The Morgan fingerprint density at radius 3 is 2.29 bits per heavy atom. The van der Waals surface area contributed by atoms with Gasteiger partial charge in [0.05, 0.1) is 15.5 Å². The van der Waals surface area contributed by atoms with Gasteiger partial charge in [-0.25, -0.2) is 27.2 Å². The lowest BCUT2D eigenvalue weighted by Crippen LogP contribution is -2.27. The molecule has 51 heavy (non-hydrogen) atoms. The fourth-order valence-corrected chi connectivity index (χ4v) is 6.24. The van der Waals surface area contributed by atoms with Gasteiger partial charge >= 0.3 is 6.09 Å². The van der Waals surface area contributed by atoms with Gasteiger partial charge in [0, 0.05) is 58.5 Å². The summed E-state index contributed by atoms with van der Waals surface area (Å²) in [6.07, 6.45) is 2.12. The Morgan fingerprint density at radius 1 is 0.863 bits per heavy atom. The fraction of sp³-hybridized carbons (Fsp3) is 0.114. The number of hydrogen-bond acceptors (Lipinski definition) is 11. The third-order valence-corrected chi connectivity index (χ3v) is 8.84. The molecule has 0 radical (unpaired) electrons. The van der Waals surface area contributed by atoms with Crippen LogP contribution in [-0.2, 0) is 14.8 Å². The number of aromatic nitrogens is 4. The largest absolute Gasteiger partial charge is 0.444 e. The van der Waals surface area contributed by atoms with E-state index in [1.54, 1.807) is 81.4 Å². The summed E-state index contributed by atoms with van der Waals surface area (Å²) in [6, 6.07) is 24.9. The number of benzene rings is 3. The van der Waals surface area contributed by atoms with Gasteiger partial charge in [-0.3, -0.25) is 20.2 Å². The number of anilines is 4. The Hall–Kier alpha value is -6.68. The lowest BCUT2D eigenvalue weighted by molar-refractivity contribution is -0.384. The third kappa shape index (κ3) is 7.97. The van der Waals surface area contributed by atoms with E-state index in [-0.39, 0.29) is 33.6 Å². The number of nitro benzene ring substituents is 1. The first-order valence-corrected chi connectivity index (χ1v) is 16.8. The zero-order valence-corrected chi connectivity index (χ0v) is 28.2. The maximum Gasteiger partial charge on any atom is 0.414 e. The van der Waals surface area contributed by atoms with Gasteiger partial charge in [0.25, 0.3) is 21.6 Å². The summed E-state index contributed by atoms with van der Waals surface area (Å²) < 4.78 is 33.1. The number of ether oxygens (including phenoxy) is 1. The van der Waals surface area contributed by atoms with Gasteiger partial charge in [0.15, 0.2) is 5.65 Å². The van der Waals surface area contributed by atoms with E-state index in [4.69, 9.17) is 4.74 Å². The number of hydrogen-bond donors (Lipinski definition) is 3. The minimum absolute atomic E-state index is 0.0869. The van der Waals surface area contributed by atoms with Crippen LogP contribution in [0.15, 0.2) is 114 Å². The first-order chi connectivity index (χ1) is 24.2. The van der Waals surface area contributed by atoms with E-state index < -0.39 is 32.5 Å². The highest BCUT2D eigenvalue weighted by Crippen LogP contribution is 2.29. The quantitative estimate of drug-likeness (QED) is 0.103. The van der Waals surface area contributed by atoms with Crippen LogP contribution in [0.1, 0.15) is 31.1 Å². The first-order valence-electron chi connectivity index (χ1n) is 15.4. The Bertz CT molecular complexity index is 2390. The normalized spacial score (nSPS) is 11.5. The van der Waals surface area contributed by atoms with E-state index in [9.17, 15) is 28.1 Å². The molecule has 0 aliphatic rings. The average molecular weight is 707 g/mol. The maximum atomic E-state index is 13.3. The fourth-order valence-electron chi connectivity index (χ4n) is 4.91. The summed E-state index contributed by atoms with van der Waals surface area (Å²) in [6.45, 7) is 5.15. The highest BCUT2D eigenvalue weighted by Gasteiger charge is 2.21. The predicted molar refractivity (Wildman–Crippen MR) is 190 cm³/mol. The molecule has 0 fully saturated rings. The summed E-state index contributed by atoms with van der Waals surface area (Å²) in [5.41, 5.74) is 1.31. The van der Waals surface area contributed by atoms with Crippen LogP contribution in [-0.4, -0.2) is 49.9 Å². The summed E-state index contributed by atoms with van der Waals surface area (Å²) in [4.78, 5) is 49.4. The third-order valence-electron chi connectivity index (χ3n) is 7.16. The topological polar surface area (TPSA) is 200 Å². The van der Waals surface area contributed by atoms with Crippen LogP contribution >= 0.6 is 0 Å². The lowest BCUT2D eigenvalue weighted by Gasteiger charge is -2.19. The minimum atomic E-state index is -3.90. The number of nitrogens with one attached hydrogen (secondary N) is 3. The number of nitro groups is 1. The molecule has 0 saturated heterocycles. The Kier molecular flexibility index (Phi) is 9.17. The molecule has 0 saturated carbocycles. The van der Waals surface area contributed by atoms with Crippen molar-refractivity contribution >= 4 is 61.9 Å². The SMILES string of the molecule is CC(C)(C)OC(=O)Nc1nc(Nc2cccc(NC(=O)c3ccc([N+](=O)[O-])cc3)c2)cc(-c2cnc3c(ccn3S(=O)(=O)c3ccccc3)c2)n1. The van der Waals surface area contributed by atoms with Crippen LogP contribution in [0.2, 0.25) is 0 Å². The van der Waals surface area contributed by atoms with Crippen LogP contribution in [0.25, 0.3) is 22.3 Å². The monoisotopic (exact) mass is 706 g/mol. The highest BCUT2D eigenvalue weighted by atomic mass is 32.2. The molecular formula is C35H30N8O7S. The molecule has 3 heterocycles. The van der Waals surface area contributed by atoms with Crippen LogP contribution in [0.3, 0.4) is 0 Å². The highest BCUT2D eigenvalue weighted by molar-refractivity contribution is 7.90. The van der Waals surface area contributed by atoms with Crippen LogP contribution in [0, 0.1) is 10.1 Å². The number of fused-ring (bicyclic) bond motifs is 1. The van der Waals surface area contributed by atoms with E-state index in [1.807, 2.05) is 0 Å². The van der Waals surface area contributed by atoms with Crippen molar-refractivity contribution in [1.29, 1.82) is 0 Å². The molecule has 16 heteroatoms. The second-order valence-corrected chi connectivity index (χ2v) is 13.9. The predicted octanol–water partition coefficient (Wildman–Crippen LogP) is 6.98. The van der Waals surface area contributed by atoms with Crippen molar-refractivity contribution in [2.75, 3.05) is 16.0 Å². The number of amides is 2. The van der Waals surface area contributed by atoms with Crippen molar-refractivity contribution in [2.24, 2.45) is 0 Å². The average Bonchev–Trinajstić information content (AvgIpc) is 3.52. The van der Waals surface area contributed by atoms with E-state index >= 15 is 0 Å². The Morgan fingerprint density at radius 2 is 1.59 bits per heavy atom.